The van der Waals surface area contributed by atoms with Crippen molar-refractivity contribution in [2.75, 3.05) is 6.61 Å². The predicted molar refractivity (Wildman–Crippen MR) is 66.3 cm³/mol. The summed E-state index contributed by atoms with van der Waals surface area (Å²) < 4.78 is 10.1. The molecule has 5 nitrogen and oxygen atoms in total. The summed E-state index contributed by atoms with van der Waals surface area (Å²) in [5.74, 6) is -1.91. The number of carbonyl (C=O) groups excluding carboxylic acids is 1. The molecule has 0 saturated carbocycles. The van der Waals surface area contributed by atoms with Gasteiger partial charge in [0.1, 0.15) is 0 Å². The molecule has 0 fully saturated rings. The van der Waals surface area contributed by atoms with Crippen LogP contribution in [0.3, 0.4) is 0 Å². The van der Waals surface area contributed by atoms with Crippen LogP contribution in [0.2, 0.25) is 13.1 Å². The van der Waals surface area contributed by atoms with Crippen molar-refractivity contribution in [3.63, 3.8) is 0 Å². The Morgan fingerprint density at radius 1 is 1.35 bits per heavy atom. The van der Waals surface area contributed by atoms with E-state index in [0.717, 1.165) is 12.2 Å². The topological polar surface area (TPSA) is 72.8 Å². The Bertz CT molecular complexity index is 309. The lowest BCUT2D eigenvalue weighted by atomic mass is 10.5. The van der Waals surface area contributed by atoms with Crippen molar-refractivity contribution < 1.29 is 24.2 Å². The number of esters is 1. The molecule has 1 unspecified atom stereocenters. The SMILES string of the molecule is CCOC(C=COC(=O)C=CC(=O)O)[SiH](C)C. The summed E-state index contributed by atoms with van der Waals surface area (Å²) in [6.07, 6.45) is 4.53. The van der Waals surface area contributed by atoms with Gasteiger partial charge in [0.25, 0.3) is 0 Å². The molecule has 0 spiro atoms. The molecule has 6 heteroatoms. The highest BCUT2D eigenvalue weighted by molar-refractivity contribution is 6.57. The van der Waals surface area contributed by atoms with Gasteiger partial charge in [-0.05, 0) is 13.0 Å². The molecular formula is C11H18O5Si. The Kier molecular flexibility index (Phi) is 8.00. The van der Waals surface area contributed by atoms with Crippen LogP contribution in [0.1, 0.15) is 6.92 Å². The largest absolute Gasteiger partial charge is 0.478 e. The van der Waals surface area contributed by atoms with Gasteiger partial charge in [0.15, 0.2) is 0 Å². The third-order valence-electron chi connectivity index (χ3n) is 1.83. The summed E-state index contributed by atoms with van der Waals surface area (Å²) in [4.78, 5) is 21.1. The minimum atomic E-state index is -1.19. The Labute approximate surface area is 102 Å². The molecule has 1 atom stereocenters. The zero-order valence-corrected chi connectivity index (χ0v) is 11.4. The van der Waals surface area contributed by atoms with Gasteiger partial charge in [0.2, 0.25) is 0 Å². The second kappa shape index (κ2) is 8.71. The van der Waals surface area contributed by atoms with Gasteiger partial charge < -0.3 is 14.6 Å². The molecule has 96 valence electrons. The summed E-state index contributed by atoms with van der Waals surface area (Å²) in [5.41, 5.74) is 0.0104. The predicted octanol–water partition coefficient (Wildman–Crippen LogP) is 1.12. The molecule has 0 amide bonds. The number of carbonyl (C=O) groups is 2. The van der Waals surface area contributed by atoms with Gasteiger partial charge in [-0.2, -0.15) is 0 Å². The number of carboxylic acid groups (broad SMARTS) is 1. The summed E-state index contributed by atoms with van der Waals surface area (Å²) in [6, 6.07) is 0. The van der Waals surface area contributed by atoms with Crippen molar-refractivity contribution in [3.8, 4) is 0 Å². The van der Waals surface area contributed by atoms with Crippen molar-refractivity contribution in [1.82, 2.24) is 0 Å². The summed E-state index contributed by atoms with van der Waals surface area (Å²) in [5, 5.41) is 8.29. The van der Waals surface area contributed by atoms with Gasteiger partial charge >= 0.3 is 11.9 Å². The van der Waals surface area contributed by atoms with E-state index in [-0.39, 0.29) is 5.73 Å². The summed E-state index contributed by atoms with van der Waals surface area (Å²) in [7, 11) is -1.01. The number of ether oxygens (including phenoxy) is 2. The molecule has 0 aliphatic rings. The van der Waals surface area contributed by atoms with Crippen LogP contribution in [-0.4, -0.2) is 38.2 Å². The molecule has 0 heterocycles. The molecule has 0 radical (unpaired) electrons. The highest BCUT2D eigenvalue weighted by Crippen LogP contribution is 2.01. The van der Waals surface area contributed by atoms with Crippen LogP contribution in [0.25, 0.3) is 0 Å². The fraction of sp³-hybridized carbons (Fsp3) is 0.455. The summed E-state index contributed by atoms with van der Waals surface area (Å²) >= 11 is 0. The molecule has 0 aromatic carbocycles. The maximum absolute atomic E-state index is 11.0. The Hall–Kier alpha value is -1.40. The maximum atomic E-state index is 11.0. The monoisotopic (exact) mass is 258 g/mol. The smallest absolute Gasteiger partial charge is 0.335 e. The minimum Gasteiger partial charge on any atom is -0.478 e. The van der Waals surface area contributed by atoms with E-state index in [1.165, 1.54) is 6.26 Å². The zero-order valence-electron chi connectivity index (χ0n) is 10.3. The Balaban J connectivity index is 4.15. The standard InChI is InChI=1S/C11H18O5Si/c1-4-15-11(17(2)3)7-8-16-10(14)6-5-9(12)13/h5-8,11,17H,4H2,1-3H3,(H,12,13). The average Bonchev–Trinajstić information content (AvgIpc) is 2.25. The normalized spacial score (nSPS) is 13.4. The van der Waals surface area contributed by atoms with Crippen LogP contribution in [-0.2, 0) is 19.1 Å². The van der Waals surface area contributed by atoms with Gasteiger partial charge in [-0.3, -0.25) is 0 Å². The van der Waals surface area contributed by atoms with Crippen molar-refractivity contribution in [2.24, 2.45) is 0 Å². The van der Waals surface area contributed by atoms with E-state index < -0.39 is 20.7 Å². The van der Waals surface area contributed by atoms with Gasteiger partial charge in [-0.15, -0.1) is 0 Å². The molecule has 0 aliphatic heterocycles. The maximum Gasteiger partial charge on any atom is 0.335 e. The van der Waals surface area contributed by atoms with Crippen LogP contribution in [0, 0.1) is 0 Å². The molecule has 0 aromatic rings. The van der Waals surface area contributed by atoms with Crippen molar-refractivity contribution in [2.45, 2.75) is 25.7 Å². The zero-order chi connectivity index (χ0) is 13.3. The molecule has 17 heavy (non-hydrogen) atoms. The molecule has 0 aliphatic carbocycles. The molecule has 0 aromatic heterocycles. The third-order valence-corrected chi connectivity index (χ3v) is 3.56. The number of rotatable bonds is 7. The molecule has 0 rings (SSSR count). The first-order valence-corrected chi connectivity index (χ1v) is 8.34. The number of aliphatic carboxylic acids is 1. The lowest BCUT2D eigenvalue weighted by molar-refractivity contribution is -0.134. The van der Waals surface area contributed by atoms with Crippen molar-refractivity contribution in [3.05, 3.63) is 24.5 Å². The Morgan fingerprint density at radius 2 is 2.00 bits per heavy atom. The molecular weight excluding hydrogens is 240 g/mol. The van der Waals surface area contributed by atoms with E-state index in [9.17, 15) is 9.59 Å². The van der Waals surface area contributed by atoms with Crippen molar-refractivity contribution >= 4 is 20.7 Å². The van der Waals surface area contributed by atoms with Crippen LogP contribution in [0.5, 0.6) is 0 Å². The van der Waals surface area contributed by atoms with Crippen LogP contribution < -0.4 is 0 Å². The van der Waals surface area contributed by atoms with E-state index in [4.69, 9.17) is 14.6 Å². The first-order chi connectivity index (χ1) is 7.97. The third kappa shape index (κ3) is 8.41. The van der Waals surface area contributed by atoms with E-state index >= 15 is 0 Å². The molecule has 1 N–H and O–H groups in total. The highest BCUT2D eigenvalue weighted by Gasteiger charge is 2.10. The minimum absolute atomic E-state index is 0.0104. The molecule has 0 bridgehead atoms. The Morgan fingerprint density at radius 3 is 2.47 bits per heavy atom. The van der Waals surface area contributed by atoms with E-state index in [1.54, 1.807) is 6.08 Å². The number of carboxylic acids is 1. The second-order valence-corrected chi connectivity index (χ2v) is 6.75. The van der Waals surface area contributed by atoms with E-state index in [0.29, 0.717) is 6.61 Å². The van der Waals surface area contributed by atoms with E-state index in [2.05, 4.69) is 13.1 Å². The van der Waals surface area contributed by atoms with Crippen LogP contribution >= 0.6 is 0 Å². The van der Waals surface area contributed by atoms with Crippen LogP contribution in [0.4, 0.5) is 0 Å². The number of hydrogen-bond acceptors (Lipinski definition) is 4. The lowest BCUT2D eigenvalue weighted by Gasteiger charge is -2.15. The first-order valence-electron chi connectivity index (χ1n) is 5.37. The van der Waals surface area contributed by atoms with Gasteiger partial charge in [-0.25, -0.2) is 9.59 Å². The number of hydrogen-bond donors (Lipinski definition) is 1. The second-order valence-electron chi connectivity index (χ2n) is 3.60. The average molecular weight is 258 g/mol. The fourth-order valence-corrected chi connectivity index (χ4v) is 2.14. The van der Waals surface area contributed by atoms with E-state index in [1.807, 2.05) is 6.92 Å². The van der Waals surface area contributed by atoms with Crippen LogP contribution in [0.15, 0.2) is 24.5 Å². The lowest BCUT2D eigenvalue weighted by Crippen LogP contribution is -2.25. The molecule has 0 saturated heterocycles. The van der Waals surface area contributed by atoms with Crippen molar-refractivity contribution in [1.29, 1.82) is 0 Å². The first kappa shape index (κ1) is 15.6. The highest BCUT2D eigenvalue weighted by atomic mass is 28.3. The fourth-order valence-electron chi connectivity index (χ4n) is 1.03. The van der Waals surface area contributed by atoms with Gasteiger partial charge in [0.05, 0.1) is 20.8 Å². The summed E-state index contributed by atoms with van der Waals surface area (Å²) in [6.45, 7) is 6.75. The van der Waals surface area contributed by atoms with Gasteiger partial charge in [0, 0.05) is 18.8 Å². The van der Waals surface area contributed by atoms with Gasteiger partial charge in [-0.1, -0.05) is 13.1 Å². The quantitative estimate of drug-likeness (QED) is 0.320.